The van der Waals surface area contributed by atoms with Crippen LogP contribution in [0.25, 0.3) is 0 Å². The molecule has 0 aromatic heterocycles. The van der Waals surface area contributed by atoms with Gasteiger partial charge in [-0.15, -0.1) is 0 Å². The molecule has 0 amide bonds. The van der Waals surface area contributed by atoms with E-state index in [1.165, 1.54) is 6.26 Å². The van der Waals surface area contributed by atoms with Gasteiger partial charge in [0.15, 0.2) is 9.84 Å². The summed E-state index contributed by atoms with van der Waals surface area (Å²) < 4.78 is 21.7. The van der Waals surface area contributed by atoms with Crippen LogP contribution in [0.1, 0.15) is 13.8 Å². The zero-order valence-electron chi connectivity index (χ0n) is 8.22. The Morgan fingerprint density at radius 3 is 2.31 bits per heavy atom. The lowest BCUT2D eigenvalue weighted by atomic mass is 10.2. The molecule has 5 heteroatoms. The van der Waals surface area contributed by atoms with E-state index in [-0.39, 0.29) is 0 Å². The molecule has 0 aromatic carbocycles. The van der Waals surface area contributed by atoms with Gasteiger partial charge in [0.25, 0.3) is 0 Å². The number of sulfone groups is 1. The van der Waals surface area contributed by atoms with Crippen LogP contribution in [-0.4, -0.2) is 32.5 Å². The Bertz CT molecular complexity index is 283. The molecule has 0 unspecified atom stereocenters. The smallest absolute Gasteiger partial charge is 0.153 e. The Balaban J connectivity index is 4.13. The lowest BCUT2D eigenvalue weighted by Crippen LogP contribution is -2.41. The SMILES string of the molecule is C=C(Cl)CNCC(C)(C)S(C)(=O)=O. The summed E-state index contributed by atoms with van der Waals surface area (Å²) in [5.41, 5.74) is 0. The van der Waals surface area contributed by atoms with Gasteiger partial charge in [0.05, 0.1) is 4.75 Å². The zero-order valence-corrected chi connectivity index (χ0v) is 9.80. The first-order chi connectivity index (χ1) is 5.67. The van der Waals surface area contributed by atoms with Crippen molar-refractivity contribution in [2.75, 3.05) is 19.3 Å². The quantitative estimate of drug-likeness (QED) is 0.764. The maximum absolute atomic E-state index is 11.2. The Hall–Kier alpha value is -0.0600. The molecule has 13 heavy (non-hydrogen) atoms. The fourth-order valence-electron chi connectivity index (χ4n) is 0.630. The van der Waals surface area contributed by atoms with Gasteiger partial charge >= 0.3 is 0 Å². The first-order valence-electron chi connectivity index (χ1n) is 3.90. The lowest BCUT2D eigenvalue weighted by Gasteiger charge is -2.22. The minimum Gasteiger partial charge on any atom is -0.310 e. The molecule has 0 radical (unpaired) electrons. The normalized spacial score (nSPS) is 12.9. The van der Waals surface area contributed by atoms with E-state index in [1.807, 2.05) is 0 Å². The number of nitrogens with one attached hydrogen (secondary N) is 1. The molecule has 0 saturated carbocycles. The molecule has 0 rings (SSSR count). The van der Waals surface area contributed by atoms with Crippen molar-refractivity contribution in [2.45, 2.75) is 18.6 Å². The van der Waals surface area contributed by atoms with Crippen molar-refractivity contribution in [3.05, 3.63) is 11.6 Å². The van der Waals surface area contributed by atoms with Crippen LogP contribution in [0.3, 0.4) is 0 Å². The third kappa shape index (κ3) is 4.64. The Morgan fingerprint density at radius 2 is 2.00 bits per heavy atom. The van der Waals surface area contributed by atoms with E-state index in [1.54, 1.807) is 13.8 Å². The molecule has 0 spiro atoms. The fraction of sp³-hybridized carbons (Fsp3) is 0.750. The molecule has 0 bridgehead atoms. The Kier molecular flexibility index (Phi) is 4.42. The second kappa shape index (κ2) is 4.44. The second-order valence-corrected chi connectivity index (χ2v) is 6.84. The van der Waals surface area contributed by atoms with Gasteiger partial charge in [0, 0.05) is 24.4 Å². The van der Waals surface area contributed by atoms with E-state index in [9.17, 15) is 8.42 Å². The van der Waals surface area contributed by atoms with Crippen LogP contribution in [0.5, 0.6) is 0 Å². The molecule has 0 aromatic rings. The minimum atomic E-state index is -3.04. The third-order valence-corrected chi connectivity index (χ3v) is 4.16. The number of rotatable bonds is 5. The summed E-state index contributed by atoms with van der Waals surface area (Å²) in [5, 5.41) is 3.40. The molecular formula is C8H16ClNO2S. The van der Waals surface area contributed by atoms with Crippen molar-refractivity contribution in [1.82, 2.24) is 5.32 Å². The number of hydrogen-bond acceptors (Lipinski definition) is 3. The van der Waals surface area contributed by atoms with Crippen molar-refractivity contribution in [3.63, 3.8) is 0 Å². The molecule has 78 valence electrons. The first kappa shape index (κ1) is 12.9. The summed E-state index contributed by atoms with van der Waals surface area (Å²) in [6.45, 7) is 7.64. The summed E-state index contributed by atoms with van der Waals surface area (Å²) in [6.07, 6.45) is 1.23. The minimum absolute atomic E-state index is 0.373. The van der Waals surface area contributed by atoms with Crippen molar-refractivity contribution < 1.29 is 8.42 Å². The molecule has 0 fully saturated rings. The molecular weight excluding hydrogens is 210 g/mol. The largest absolute Gasteiger partial charge is 0.310 e. The molecule has 0 saturated heterocycles. The molecule has 0 aliphatic heterocycles. The summed E-state index contributed by atoms with van der Waals surface area (Å²) in [6, 6.07) is 0. The maximum atomic E-state index is 11.2. The van der Waals surface area contributed by atoms with Gasteiger partial charge < -0.3 is 5.32 Å². The summed E-state index contributed by atoms with van der Waals surface area (Å²) in [5.74, 6) is 0. The predicted molar refractivity (Wildman–Crippen MR) is 56.8 cm³/mol. The average molecular weight is 226 g/mol. The highest BCUT2D eigenvalue weighted by Gasteiger charge is 2.29. The first-order valence-corrected chi connectivity index (χ1v) is 6.17. The Morgan fingerprint density at radius 1 is 1.54 bits per heavy atom. The van der Waals surface area contributed by atoms with Gasteiger partial charge in [-0.1, -0.05) is 18.2 Å². The predicted octanol–water partition coefficient (Wildman–Crippen LogP) is 1.15. The van der Waals surface area contributed by atoms with Crippen LogP contribution >= 0.6 is 11.6 Å². The molecule has 0 atom stereocenters. The van der Waals surface area contributed by atoms with Gasteiger partial charge in [0.1, 0.15) is 0 Å². The second-order valence-electron chi connectivity index (χ2n) is 3.65. The molecule has 0 aliphatic carbocycles. The van der Waals surface area contributed by atoms with Crippen molar-refractivity contribution in [2.24, 2.45) is 0 Å². The summed E-state index contributed by atoms with van der Waals surface area (Å²) in [4.78, 5) is 0. The van der Waals surface area contributed by atoms with Crippen molar-refractivity contribution >= 4 is 21.4 Å². The molecule has 3 nitrogen and oxygen atoms in total. The van der Waals surface area contributed by atoms with Crippen molar-refractivity contribution in [1.29, 1.82) is 0 Å². The van der Waals surface area contributed by atoms with Gasteiger partial charge in [-0.3, -0.25) is 0 Å². The highest BCUT2D eigenvalue weighted by Crippen LogP contribution is 2.13. The van der Waals surface area contributed by atoms with Crippen molar-refractivity contribution in [3.8, 4) is 0 Å². The highest BCUT2D eigenvalue weighted by molar-refractivity contribution is 7.92. The maximum Gasteiger partial charge on any atom is 0.153 e. The fourth-order valence-corrected chi connectivity index (χ4v) is 1.09. The van der Waals surface area contributed by atoms with E-state index in [2.05, 4.69) is 11.9 Å². The zero-order chi connectivity index (χ0) is 10.7. The molecule has 0 aliphatic rings. The average Bonchev–Trinajstić information content (AvgIpc) is 1.82. The lowest BCUT2D eigenvalue weighted by molar-refractivity contribution is 0.531. The molecule has 1 N–H and O–H groups in total. The van der Waals surface area contributed by atoms with E-state index >= 15 is 0 Å². The number of halogens is 1. The van der Waals surface area contributed by atoms with E-state index < -0.39 is 14.6 Å². The van der Waals surface area contributed by atoms with Crippen LogP contribution in [0, 0.1) is 0 Å². The van der Waals surface area contributed by atoms with Gasteiger partial charge in [0.2, 0.25) is 0 Å². The third-order valence-electron chi connectivity index (χ3n) is 1.87. The highest BCUT2D eigenvalue weighted by atomic mass is 35.5. The van der Waals surface area contributed by atoms with E-state index in [0.717, 1.165) is 0 Å². The van der Waals surface area contributed by atoms with Crippen LogP contribution in [0.4, 0.5) is 0 Å². The van der Waals surface area contributed by atoms with Crippen LogP contribution < -0.4 is 5.32 Å². The summed E-state index contributed by atoms with van der Waals surface area (Å²) >= 11 is 5.51. The van der Waals surface area contributed by atoms with E-state index in [4.69, 9.17) is 11.6 Å². The number of hydrogen-bond donors (Lipinski definition) is 1. The van der Waals surface area contributed by atoms with Crippen LogP contribution in [0.15, 0.2) is 11.6 Å². The standard InChI is InChI=1S/C8H16ClNO2S/c1-7(9)5-10-6-8(2,3)13(4,11)12/h10H,1,5-6H2,2-4H3. The van der Waals surface area contributed by atoms with Crippen LogP contribution in [0.2, 0.25) is 0 Å². The van der Waals surface area contributed by atoms with Gasteiger partial charge in [-0.25, -0.2) is 8.42 Å². The van der Waals surface area contributed by atoms with E-state index in [0.29, 0.717) is 18.1 Å². The Labute approximate surface area is 85.1 Å². The topological polar surface area (TPSA) is 46.2 Å². The summed E-state index contributed by atoms with van der Waals surface area (Å²) in [7, 11) is -3.04. The van der Waals surface area contributed by atoms with Crippen LogP contribution in [-0.2, 0) is 9.84 Å². The van der Waals surface area contributed by atoms with Gasteiger partial charge in [-0.05, 0) is 13.8 Å². The van der Waals surface area contributed by atoms with Gasteiger partial charge in [-0.2, -0.15) is 0 Å². The monoisotopic (exact) mass is 225 g/mol. The molecule has 0 heterocycles.